The number of carbonyl (C=O) groups excluding carboxylic acids is 1. The van der Waals surface area contributed by atoms with Crippen molar-refractivity contribution in [2.45, 2.75) is 43.2 Å². The van der Waals surface area contributed by atoms with Gasteiger partial charge in [-0.25, -0.2) is 0 Å². The minimum Gasteiger partial charge on any atom is -0.508 e. The van der Waals surface area contributed by atoms with Crippen molar-refractivity contribution in [1.29, 1.82) is 0 Å². The van der Waals surface area contributed by atoms with Crippen molar-refractivity contribution in [1.82, 2.24) is 25.5 Å². The average Bonchev–Trinajstić information content (AvgIpc) is 3.65. The summed E-state index contributed by atoms with van der Waals surface area (Å²) in [7, 11) is 0. The lowest BCUT2D eigenvalue weighted by Gasteiger charge is -2.36. The number of aromatic hydroxyl groups is 1. The molecule has 1 fully saturated rings. The van der Waals surface area contributed by atoms with Crippen LogP contribution in [0.4, 0.5) is 0 Å². The Morgan fingerprint density at radius 2 is 1.56 bits per heavy atom. The molecule has 50 heavy (non-hydrogen) atoms. The van der Waals surface area contributed by atoms with Crippen LogP contribution in [0.25, 0.3) is 16.8 Å². The molecule has 0 spiro atoms. The maximum Gasteiger partial charge on any atom is 0.251 e. The molecule has 10 nitrogen and oxygen atoms in total. The Morgan fingerprint density at radius 1 is 0.840 bits per heavy atom. The SMILES string of the molecule is O=C(NCc1ccccc1-c1ccc([C@@H]2O[C@H](CSc3nnnn3-c3ccc(O)cc3)C[C@H](c3ccc(CO)cc3)O2)cc1)c1ccccc1. The Hall–Kier alpha value is -5.33. The molecule has 3 atom stereocenters. The molecule has 6 aromatic rings. The van der Waals surface area contributed by atoms with Crippen molar-refractivity contribution in [2.75, 3.05) is 5.75 Å². The van der Waals surface area contributed by atoms with Crippen LogP contribution >= 0.6 is 11.8 Å². The molecule has 1 aliphatic heterocycles. The Balaban J connectivity index is 1.08. The van der Waals surface area contributed by atoms with Gasteiger partial charge in [0.25, 0.3) is 5.91 Å². The fraction of sp³-hybridized carbons (Fsp3) is 0.179. The van der Waals surface area contributed by atoms with Crippen LogP contribution < -0.4 is 5.32 Å². The molecule has 1 aromatic heterocycles. The quantitative estimate of drug-likeness (QED) is 0.126. The van der Waals surface area contributed by atoms with Gasteiger partial charge in [-0.3, -0.25) is 4.79 Å². The van der Waals surface area contributed by atoms with Gasteiger partial charge in [-0.15, -0.1) is 5.10 Å². The summed E-state index contributed by atoms with van der Waals surface area (Å²) in [5.41, 5.74) is 7.12. The summed E-state index contributed by atoms with van der Waals surface area (Å²) >= 11 is 1.49. The number of aliphatic hydroxyl groups is 1. The Labute approximate surface area is 293 Å². The van der Waals surface area contributed by atoms with E-state index >= 15 is 0 Å². The van der Waals surface area contributed by atoms with Crippen molar-refractivity contribution in [3.05, 3.63) is 155 Å². The van der Waals surface area contributed by atoms with E-state index in [4.69, 9.17) is 9.47 Å². The van der Waals surface area contributed by atoms with E-state index in [0.717, 1.165) is 39.1 Å². The van der Waals surface area contributed by atoms with E-state index in [-0.39, 0.29) is 30.5 Å². The van der Waals surface area contributed by atoms with Gasteiger partial charge in [-0.05, 0) is 74.6 Å². The fourth-order valence-electron chi connectivity index (χ4n) is 5.86. The van der Waals surface area contributed by atoms with Crippen LogP contribution in [0.15, 0.2) is 133 Å². The lowest BCUT2D eigenvalue weighted by molar-refractivity contribution is -0.245. The molecular formula is C39H35N5O5S. The number of benzene rings is 5. The van der Waals surface area contributed by atoms with Crippen molar-refractivity contribution < 1.29 is 24.5 Å². The Kier molecular flexibility index (Phi) is 10.3. The molecule has 0 radical (unpaired) electrons. The third-order valence-electron chi connectivity index (χ3n) is 8.54. The van der Waals surface area contributed by atoms with Gasteiger partial charge in [0.15, 0.2) is 6.29 Å². The van der Waals surface area contributed by atoms with Crippen LogP contribution in [-0.2, 0) is 22.6 Å². The number of carbonyl (C=O) groups is 1. The number of phenols is 1. The highest BCUT2D eigenvalue weighted by atomic mass is 32.2. The van der Waals surface area contributed by atoms with Gasteiger partial charge in [0.2, 0.25) is 5.16 Å². The highest BCUT2D eigenvalue weighted by molar-refractivity contribution is 7.99. The second-order valence-electron chi connectivity index (χ2n) is 11.9. The van der Waals surface area contributed by atoms with Crippen LogP contribution in [0, 0.1) is 0 Å². The van der Waals surface area contributed by atoms with E-state index in [1.165, 1.54) is 11.8 Å². The zero-order valence-corrected chi connectivity index (χ0v) is 27.8. The number of nitrogens with zero attached hydrogens (tertiary/aromatic N) is 4. The fourth-order valence-corrected chi connectivity index (χ4v) is 6.77. The van der Waals surface area contributed by atoms with Crippen molar-refractivity contribution in [3.63, 3.8) is 0 Å². The first-order valence-corrected chi connectivity index (χ1v) is 17.3. The van der Waals surface area contributed by atoms with Crippen molar-refractivity contribution >= 4 is 17.7 Å². The summed E-state index contributed by atoms with van der Waals surface area (Å²) in [5, 5.41) is 35.2. The highest BCUT2D eigenvalue weighted by Gasteiger charge is 2.33. The van der Waals surface area contributed by atoms with Crippen LogP contribution in [0.2, 0.25) is 0 Å². The minimum atomic E-state index is -0.626. The number of thioether (sulfide) groups is 1. The van der Waals surface area contributed by atoms with Crippen molar-refractivity contribution in [3.8, 4) is 22.6 Å². The molecular weight excluding hydrogens is 651 g/mol. The van der Waals surface area contributed by atoms with Crippen LogP contribution in [-0.4, -0.2) is 48.2 Å². The number of phenolic OH excluding ortho intramolecular Hbond substituents is 1. The smallest absolute Gasteiger partial charge is 0.251 e. The summed E-state index contributed by atoms with van der Waals surface area (Å²) in [5.74, 6) is 0.622. The molecule has 252 valence electrons. The van der Waals surface area contributed by atoms with Crippen molar-refractivity contribution in [2.24, 2.45) is 0 Å². The predicted molar refractivity (Wildman–Crippen MR) is 189 cm³/mol. The monoisotopic (exact) mass is 685 g/mol. The molecule has 2 heterocycles. The van der Waals surface area contributed by atoms with E-state index in [1.807, 2.05) is 72.8 Å². The maximum atomic E-state index is 12.7. The molecule has 11 heteroatoms. The number of tetrazole rings is 1. The van der Waals surface area contributed by atoms with Gasteiger partial charge in [-0.2, -0.15) is 4.68 Å². The number of hydrogen-bond donors (Lipinski definition) is 3. The number of nitrogens with one attached hydrogen (secondary N) is 1. The molecule has 5 aromatic carbocycles. The first kappa shape index (κ1) is 33.2. The summed E-state index contributed by atoms with van der Waals surface area (Å²) in [6.45, 7) is 0.369. The van der Waals surface area contributed by atoms with Gasteiger partial charge in [-0.1, -0.05) is 103 Å². The van der Waals surface area contributed by atoms with Gasteiger partial charge in [0, 0.05) is 29.8 Å². The number of amides is 1. The van der Waals surface area contributed by atoms with E-state index in [0.29, 0.717) is 29.4 Å². The Morgan fingerprint density at radius 3 is 2.32 bits per heavy atom. The van der Waals surface area contributed by atoms with E-state index in [9.17, 15) is 15.0 Å². The summed E-state index contributed by atoms with van der Waals surface area (Å²) in [6, 6.07) is 39.9. The van der Waals surface area contributed by atoms with Gasteiger partial charge in [0.1, 0.15) is 5.75 Å². The van der Waals surface area contributed by atoms with Gasteiger partial charge >= 0.3 is 0 Å². The molecule has 1 saturated heterocycles. The molecule has 1 amide bonds. The summed E-state index contributed by atoms with van der Waals surface area (Å²) in [6.07, 6.45) is -0.448. The molecule has 0 bridgehead atoms. The van der Waals surface area contributed by atoms with Gasteiger partial charge < -0.3 is 25.0 Å². The zero-order valence-electron chi connectivity index (χ0n) is 27.0. The summed E-state index contributed by atoms with van der Waals surface area (Å²) < 4.78 is 14.8. The van der Waals surface area contributed by atoms with E-state index in [2.05, 4.69) is 39.0 Å². The maximum absolute atomic E-state index is 12.7. The normalized spacial score (nSPS) is 17.3. The standard InChI is InChI=1S/C39H35N5O5S/c45-24-26-10-12-28(13-11-26)36-22-34(25-50-39-41-42-43-44(39)32-18-20-33(46)21-19-32)48-38(49-36)30-16-14-27(15-17-30)35-9-5-4-8-31(35)23-40-37(47)29-6-2-1-3-7-29/h1-21,34,36,38,45-46H,22-25H2,(H,40,47)/t34-,36+,38+/m0/s1. The van der Waals surface area contributed by atoms with Crippen LogP contribution in [0.3, 0.4) is 0 Å². The average molecular weight is 686 g/mol. The topological polar surface area (TPSA) is 132 Å². The lowest BCUT2D eigenvalue weighted by Crippen LogP contribution is -2.31. The van der Waals surface area contributed by atoms with E-state index < -0.39 is 6.29 Å². The number of ether oxygens (including phenoxy) is 2. The summed E-state index contributed by atoms with van der Waals surface area (Å²) in [4.78, 5) is 12.7. The number of aliphatic hydroxyl groups excluding tert-OH is 1. The first-order valence-electron chi connectivity index (χ1n) is 16.3. The predicted octanol–water partition coefficient (Wildman–Crippen LogP) is 6.79. The number of hydrogen-bond acceptors (Lipinski definition) is 9. The second-order valence-corrected chi connectivity index (χ2v) is 12.9. The highest BCUT2D eigenvalue weighted by Crippen LogP contribution is 2.40. The second kappa shape index (κ2) is 15.5. The molecule has 0 unspecified atom stereocenters. The first-order chi connectivity index (χ1) is 24.5. The molecule has 7 rings (SSSR count). The molecule has 3 N–H and O–H groups in total. The third-order valence-corrected chi connectivity index (χ3v) is 9.59. The van der Waals surface area contributed by atoms with Crippen LogP contribution in [0.5, 0.6) is 5.75 Å². The Bertz CT molecular complexity index is 2020. The van der Waals surface area contributed by atoms with Crippen LogP contribution in [0.1, 0.15) is 51.4 Å². The van der Waals surface area contributed by atoms with E-state index in [1.54, 1.807) is 41.1 Å². The molecule has 0 saturated carbocycles. The number of rotatable bonds is 11. The lowest BCUT2D eigenvalue weighted by atomic mass is 9.97. The molecule has 0 aliphatic carbocycles. The zero-order chi connectivity index (χ0) is 34.3. The minimum absolute atomic E-state index is 0.0264. The molecule has 1 aliphatic rings. The number of aromatic nitrogens is 4. The largest absolute Gasteiger partial charge is 0.508 e. The third kappa shape index (κ3) is 7.77. The van der Waals surface area contributed by atoms with Gasteiger partial charge in [0.05, 0.1) is 24.5 Å².